The molecule has 1 nitrogen and oxygen atoms in total. The highest BCUT2D eigenvalue weighted by molar-refractivity contribution is 6.18. The minimum atomic E-state index is -0.0657. The van der Waals surface area contributed by atoms with Crippen LogP contribution in [0.1, 0.15) is 96.3 Å². The molecule has 1 atom stereocenters. The zero-order chi connectivity index (χ0) is 15.6. The van der Waals surface area contributed by atoms with Crippen molar-refractivity contribution in [2.45, 2.75) is 102 Å². The molecule has 3 heteroatoms. The molecule has 0 saturated heterocycles. The maximum atomic E-state index is 9.93. The van der Waals surface area contributed by atoms with Crippen molar-refractivity contribution in [2.75, 3.05) is 11.8 Å². The lowest BCUT2D eigenvalue weighted by Crippen LogP contribution is -2.05. The van der Waals surface area contributed by atoms with E-state index in [0.29, 0.717) is 0 Å². The molecule has 0 aromatic heterocycles. The summed E-state index contributed by atoms with van der Waals surface area (Å²) in [5.41, 5.74) is 0. The number of unbranched alkanes of at least 4 members (excludes halogenated alkanes) is 11. The van der Waals surface area contributed by atoms with E-state index < -0.39 is 0 Å². The zero-order valence-corrected chi connectivity index (χ0v) is 15.3. The Balaban J connectivity index is 3.11. The maximum absolute atomic E-state index is 9.93. The molecule has 1 unspecified atom stereocenters. The molecule has 0 rings (SSSR count). The van der Waals surface area contributed by atoms with E-state index in [4.69, 9.17) is 23.2 Å². The molecule has 0 aliphatic rings. The van der Waals surface area contributed by atoms with Crippen LogP contribution in [-0.4, -0.2) is 23.0 Å². The lowest BCUT2D eigenvalue weighted by molar-refractivity contribution is 0.147. The van der Waals surface area contributed by atoms with E-state index in [9.17, 15) is 5.11 Å². The Morgan fingerprint density at radius 2 is 0.762 bits per heavy atom. The van der Waals surface area contributed by atoms with Gasteiger partial charge in [-0.2, -0.15) is 0 Å². The van der Waals surface area contributed by atoms with Gasteiger partial charge in [-0.15, -0.1) is 23.2 Å². The third-order valence-corrected chi connectivity index (χ3v) is 4.63. The normalized spacial score (nSPS) is 12.7. The first kappa shape index (κ1) is 21.5. The number of rotatable bonds is 17. The molecule has 0 saturated carbocycles. The van der Waals surface area contributed by atoms with Crippen LogP contribution in [0.3, 0.4) is 0 Å². The molecule has 0 radical (unpaired) electrons. The topological polar surface area (TPSA) is 20.2 Å². The van der Waals surface area contributed by atoms with Gasteiger partial charge in [0.05, 0.1) is 6.10 Å². The van der Waals surface area contributed by atoms with E-state index in [1.54, 1.807) is 0 Å². The van der Waals surface area contributed by atoms with E-state index in [2.05, 4.69) is 0 Å². The second-order valence-corrected chi connectivity index (χ2v) is 6.96. The van der Waals surface area contributed by atoms with Gasteiger partial charge in [0.1, 0.15) is 0 Å². The third kappa shape index (κ3) is 18.5. The number of hydrogen-bond donors (Lipinski definition) is 1. The minimum Gasteiger partial charge on any atom is -0.393 e. The molecule has 0 aliphatic carbocycles. The van der Waals surface area contributed by atoms with Crippen LogP contribution in [0, 0.1) is 0 Å². The third-order valence-electron chi connectivity index (χ3n) is 4.09. The Morgan fingerprint density at radius 1 is 0.476 bits per heavy atom. The summed E-state index contributed by atoms with van der Waals surface area (Å²) < 4.78 is 0. The number of alkyl halides is 2. The molecular formula is C18H36Cl2O. The predicted octanol–water partition coefficient (Wildman–Crippen LogP) is 6.68. The largest absolute Gasteiger partial charge is 0.393 e. The summed E-state index contributed by atoms with van der Waals surface area (Å²) in [4.78, 5) is 0. The first-order chi connectivity index (χ1) is 10.3. The van der Waals surface area contributed by atoms with Crippen LogP contribution in [0.4, 0.5) is 0 Å². The maximum Gasteiger partial charge on any atom is 0.0540 e. The monoisotopic (exact) mass is 338 g/mol. The quantitative estimate of drug-likeness (QED) is 0.231. The number of aliphatic hydroxyl groups is 1. The van der Waals surface area contributed by atoms with Crippen LogP contribution in [0.2, 0.25) is 0 Å². The summed E-state index contributed by atoms with van der Waals surface area (Å²) in [5.74, 6) is 1.60. The fourth-order valence-electron chi connectivity index (χ4n) is 2.68. The van der Waals surface area contributed by atoms with E-state index in [1.165, 1.54) is 70.6 Å². The molecule has 0 aliphatic heterocycles. The lowest BCUT2D eigenvalue weighted by Gasteiger charge is -2.10. The molecule has 0 bridgehead atoms. The first-order valence-electron chi connectivity index (χ1n) is 9.11. The van der Waals surface area contributed by atoms with Crippen molar-refractivity contribution in [3.05, 3.63) is 0 Å². The summed E-state index contributed by atoms with van der Waals surface area (Å²) in [6, 6.07) is 0. The fraction of sp³-hybridized carbons (Fsp3) is 1.00. The molecule has 0 spiro atoms. The fourth-order valence-corrected chi connectivity index (χ4v) is 3.06. The van der Waals surface area contributed by atoms with Crippen LogP contribution in [0.5, 0.6) is 0 Å². The highest BCUT2D eigenvalue weighted by atomic mass is 35.5. The molecule has 0 aromatic carbocycles. The molecule has 1 N–H and O–H groups in total. The van der Waals surface area contributed by atoms with Gasteiger partial charge in [0.2, 0.25) is 0 Å². The molecule has 128 valence electrons. The van der Waals surface area contributed by atoms with E-state index in [-0.39, 0.29) is 6.10 Å². The van der Waals surface area contributed by atoms with Gasteiger partial charge >= 0.3 is 0 Å². The second kappa shape index (κ2) is 18.6. The Labute approximate surface area is 142 Å². The van der Waals surface area contributed by atoms with Crippen molar-refractivity contribution in [2.24, 2.45) is 0 Å². The highest BCUT2D eigenvalue weighted by Crippen LogP contribution is 2.14. The SMILES string of the molecule is OC(CCCCCCCCCl)CCCCCCCCCCl. The average Bonchev–Trinajstić information content (AvgIpc) is 2.49. The molecule has 0 aromatic rings. The Hall–Kier alpha value is 0.540. The summed E-state index contributed by atoms with van der Waals surface area (Å²) in [6.07, 6.45) is 18.2. The minimum absolute atomic E-state index is 0.0657. The van der Waals surface area contributed by atoms with Gasteiger partial charge < -0.3 is 5.11 Å². The second-order valence-electron chi connectivity index (χ2n) is 6.21. The first-order valence-corrected chi connectivity index (χ1v) is 10.2. The smallest absolute Gasteiger partial charge is 0.0540 e. The Morgan fingerprint density at radius 3 is 1.10 bits per heavy atom. The van der Waals surface area contributed by atoms with Crippen LogP contribution in [0.15, 0.2) is 0 Å². The molecule has 0 fully saturated rings. The molecule has 0 amide bonds. The predicted molar refractivity (Wildman–Crippen MR) is 96.7 cm³/mol. The standard InChI is InChI=1S/C18H36Cl2O/c19-16-12-8-4-1-2-6-10-14-18(21)15-11-7-3-5-9-13-17-20/h18,21H,1-17H2. The van der Waals surface area contributed by atoms with Crippen molar-refractivity contribution < 1.29 is 5.11 Å². The van der Waals surface area contributed by atoms with E-state index in [0.717, 1.165) is 37.4 Å². The van der Waals surface area contributed by atoms with Gasteiger partial charge in [0, 0.05) is 11.8 Å². The number of halogens is 2. The van der Waals surface area contributed by atoms with Crippen LogP contribution in [0.25, 0.3) is 0 Å². The summed E-state index contributed by atoms with van der Waals surface area (Å²) in [6.45, 7) is 0. The molecule has 21 heavy (non-hydrogen) atoms. The lowest BCUT2D eigenvalue weighted by atomic mass is 10.0. The van der Waals surface area contributed by atoms with Gasteiger partial charge in [-0.25, -0.2) is 0 Å². The Bertz CT molecular complexity index is 188. The van der Waals surface area contributed by atoms with Gasteiger partial charge in [-0.3, -0.25) is 0 Å². The van der Waals surface area contributed by atoms with Gasteiger partial charge in [-0.1, -0.05) is 70.6 Å². The van der Waals surface area contributed by atoms with Crippen molar-refractivity contribution in [1.29, 1.82) is 0 Å². The summed E-state index contributed by atoms with van der Waals surface area (Å²) in [7, 11) is 0. The highest BCUT2D eigenvalue weighted by Gasteiger charge is 2.03. The number of hydrogen-bond acceptors (Lipinski definition) is 1. The van der Waals surface area contributed by atoms with Crippen molar-refractivity contribution in [3.8, 4) is 0 Å². The molecule has 0 heterocycles. The van der Waals surface area contributed by atoms with Crippen LogP contribution < -0.4 is 0 Å². The van der Waals surface area contributed by atoms with E-state index in [1.807, 2.05) is 0 Å². The van der Waals surface area contributed by atoms with Crippen molar-refractivity contribution in [1.82, 2.24) is 0 Å². The molecular weight excluding hydrogens is 303 g/mol. The van der Waals surface area contributed by atoms with Crippen molar-refractivity contribution >= 4 is 23.2 Å². The number of aliphatic hydroxyl groups excluding tert-OH is 1. The van der Waals surface area contributed by atoms with E-state index >= 15 is 0 Å². The van der Waals surface area contributed by atoms with Crippen LogP contribution >= 0.6 is 23.2 Å². The Kier molecular flexibility index (Phi) is 19.1. The van der Waals surface area contributed by atoms with Gasteiger partial charge in [-0.05, 0) is 25.7 Å². The van der Waals surface area contributed by atoms with Gasteiger partial charge in [0.25, 0.3) is 0 Å². The summed E-state index contributed by atoms with van der Waals surface area (Å²) in [5, 5.41) is 9.93. The zero-order valence-electron chi connectivity index (χ0n) is 13.8. The van der Waals surface area contributed by atoms with Crippen LogP contribution in [-0.2, 0) is 0 Å². The van der Waals surface area contributed by atoms with Crippen molar-refractivity contribution in [3.63, 3.8) is 0 Å². The van der Waals surface area contributed by atoms with Gasteiger partial charge in [0.15, 0.2) is 0 Å². The summed E-state index contributed by atoms with van der Waals surface area (Å²) >= 11 is 11.3. The average molecular weight is 339 g/mol.